The van der Waals surface area contributed by atoms with E-state index in [4.69, 9.17) is 0 Å². The van der Waals surface area contributed by atoms with E-state index in [1.165, 1.54) is 19.3 Å². The minimum Gasteiger partial charge on any atom is -0.352 e. The van der Waals surface area contributed by atoms with Crippen LogP contribution >= 0.6 is 0 Å². The third kappa shape index (κ3) is 6.31. The van der Waals surface area contributed by atoms with E-state index in [0.29, 0.717) is 29.4 Å². The zero-order valence-electron chi connectivity index (χ0n) is 18.6. The van der Waals surface area contributed by atoms with Crippen LogP contribution in [0.5, 0.6) is 0 Å². The Hall–Kier alpha value is -2.38. The lowest BCUT2D eigenvalue weighted by Crippen LogP contribution is -2.39. The van der Waals surface area contributed by atoms with E-state index in [-0.39, 0.29) is 10.8 Å². The van der Waals surface area contributed by atoms with Crippen LogP contribution in [0.3, 0.4) is 0 Å². The highest BCUT2D eigenvalue weighted by Crippen LogP contribution is 2.21. The summed E-state index contributed by atoms with van der Waals surface area (Å²) < 4.78 is 28.1. The normalized spacial score (nSPS) is 17.3. The van der Waals surface area contributed by atoms with Crippen molar-refractivity contribution in [1.82, 2.24) is 10.2 Å². The predicted octanol–water partition coefficient (Wildman–Crippen LogP) is 4.10. The van der Waals surface area contributed by atoms with Gasteiger partial charge in [-0.15, -0.1) is 0 Å². The molecule has 3 rings (SSSR count). The number of aryl methyl sites for hydroxylation is 2. The number of rotatable bonds is 8. The Morgan fingerprint density at radius 2 is 1.84 bits per heavy atom. The number of carbonyl (C=O) groups excluding carboxylic acids is 1. The molecule has 1 amide bonds. The molecule has 1 unspecified atom stereocenters. The highest BCUT2D eigenvalue weighted by molar-refractivity contribution is 7.92. The first-order valence-electron chi connectivity index (χ1n) is 11.0. The molecule has 1 heterocycles. The number of benzene rings is 2. The van der Waals surface area contributed by atoms with E-state index in [2.05, 4.69) is 21.9 Å². The van der Waals surface area contributed by atoms with Crippen LogP contribution in [0.2, 0.25) is 0 Å². The number of nitrogens with zero attached hydrogens (tertiary/aromatic N) is 1. The minimum atomic E-state index is -3.69. The summed E-state index contributed by atoms with van der Waals surface area (Å²) in [5, 5.41) is 2.96. The van der Waals surface area contributed by atoms with Crippen molar-refractivity contribution in [3.63, 3.8) is 0 Å². The van der Waals surface area contributed by atoms with Crippen molar-refractivity contribution < 1.29 is 13.2 Å². The summed E-state index contributed by atoms with van der Waals surface area (Å²) in [5.41, 5.74) is 2.51. The van der Waals surface area contributed by atoms with Crippen LogP contribution in [0.25, 0.3) is 0 Å². The fraction of sp³-hybridized carbons (Fsp3) is 0.458. The van der Waals surface area contributed by atoms with Crippen molar-refractivity contribution in [3.05, 3.63) is 59.2 Å². The molecule has 31 heavy (non-hydrogen) atoms. The standard InChI is InChI=1S/C24H33N3O3S/c1-18-8-9-19(2)23(17-18)31(29,30)26-22-12-10-21(11-13-22)24(28)25-14-6-16-27-15-5-4-7-20(27)3/h8-13,17,20,26H,4-7,14-16H2,1-3H3,(H,25,28). The summed E-state index contributed by atoms with van der Waals surface area (Å²) in [6.07, 6.45) is 4.75. The molecule has 6 nitrogen and oxygen atoms in total. The summed E-state index contributed by atoms with van der Waals surface area (Å²) in [5.74, 6) is -0.143. The summed E-state index contributed by atoms with van der Waals surface area (Å²) in [6.45, 7) is 8.68. The SMILES string of the molecule is Cc1ccc(C)c(S(=O)(=O)Nc2ccc(C(=O)NCCCN3CCCCC3C)cc2)c1. The van der Waals surface area contributed by atoms with Crippen LogP contribution in [0.1, 0.15) is 54.1 Å². The monoisotopic (exact) mass is 443 g/mol. The van der Waals surface area contributed by atoms with Gasteiger partial charge in [-0.25, -0.2) is 8.42 Å². The Labute approximate surface area is 186 Å². The summed E-state index contributed by atoms with van der Waals surface area (Å²) in [7, 11) is -3.69. The lowest BCUT2D eigenvalue weighted by Gasteiger charge is -2.33. The third-order valence-corrected chi connectivity index (χ3v) is 7.40. The van der Waals surface area contributed by atoms with Gasteiger partial charge in [0.05, 0.1) is 4.90 Å². The van der Waals surface area contributed by atoms with Gasteiger partial charge in [-0.2, -0.15) is 0 Å². The van der Waals surface area contributed by atoms with Crippen LogP contribution in [0.15, 0.2) is 47.4 Å². The van der Waals surface area contributed by atoms with Gasteiger partial charge in [0.25, 0.3) is 15.9 Å². The second kappa shape index (κ2) is 10.3. The molecule has 1 saturated heterocycles. The molecular formula is C24H33N3O3S. The van der Waals surface area contributed by atoms with Crippen LogP contribution in [-0.2, 0) is 10.0 Å². The number of hydrogen-bond donors (Lipinski definition) is 2. The molecule has 2 N–H and O–H groups in total. The number of anilines is 1. The van der Waals surface area contributed by atoms with E-state index in [9.17, 15) is 13.2 Å². The van der Waals surface area contributed by atoms with Crippen molar-refractivity contribution in [2.75, 3.05) is 24.4 Å². The lowest BCUT2D eigenvalue weighted by molar-refractivity contribution is 0.0949. The number of sulfonamides is 1. The number of likely N-dealkylation sites (tertiary alicyclic amines) is 1. The second-order valence-corrected chi connectivity index (χ2v) is 10.1. The van der Waals surface area contributed by atoms with Crippen molar-refractivity contribution in [2.45, 2.75) is 57.4 Å². The molecule has 1 fully saturated rings. The van der Waals surface area contributed by atoms with Gasteiger partial charge in [-0.3, -0.25) is 9.52 Å². The lowest BCUT2D eigenvalue weighted by atomic mass is 10.0. The average molecular weight is 444 g/mol. The van der Waals surface area contributed by atoms with Gasteiger partial charge in [0, 0.05) is 30.4 Å². The molecule has 0 aliphatic carbocycles. The highest BCUT2D eigenvalue weighted by Gasteiger charge is 2.18. The van der Waals surface area contributed by atoms with E-state index >= 15 is 0 Å². The zero-order valence-corrected chi connectivity index (χ0v) is 19.5. The Kier molecular flexibility index (Phi) is 7.73. The van der Waals surface area contributed by atoms with Gasteiger partial charge in [-0.1, -0.05) is 18.6 Å². The molecule has 1 atom stereocenters. The van der Waals surface area contributed by atoms with E-state index in [1.54, 1.807) is 43.3 Å². The first-order valence-corrected chi connectivity index (χ1v) is 12.5. The molecule has 0 saturated carbocycles. The van der Waals surface area contributed by atoms with Gasteiger partial charge in [0.1, 0.15) is 0 Å². The maximum atomic E-state index is 12.7. The quantitative estimate of drug-likeness (QED) is 0.602. The molecule has 168 valence electrons. The maximum Gasteiger partial charge on any atom is 0.262 e. The van der Waals surface area contributed by atoms with E-state index in [0.717, 1.165) is 25.1 Å². The van der Waals surface area contributed by atoms with Crippen molar-refractivity contribution in [3.8, 4) is 0 Å². The largest absolute Gasteiger partial charge is 0.352 e. The highest BCUT2D eigenvalue weighted by atomic mass is 32.2. The van der Waals surface area contributed by atoms with Gasteiger partial charge in [-0.05, 0) is 88.0 Å². The van der Waals surface area contributed by atoms with Crippen LogP contribution in [0, 0.1) is 13.8 Å². The summed E-state index contributed by atoms with van der Waals surface area (Å²) in [6, 6.07) is 12.5. The number of nitrogens with one attached hydrogen (secondary N) is 2. The van der Waals surface area contributed by atoms with Crippen molar-refractivity contribution in [1.29, 1.82) is 0 Å². The fourth-order valence-electron chi connectivity index (χ4n) is 3.97. The Morgan fingerprint density at radius 3 is 2.55 bits per heavy atom. The zero-order chi connectivity index (χ0) is 22.4. The minimum absolute atomic E-state index is 0.143. The smallest absolute Gasteiger partial charge is 0.262 e. The van der Waals surface area contributed by atoms with Gasteiger partial charge in [0.2, 0.25) is 0 Å². The van der Waals surface area contributed by atoms with Crippen molar-refractivity contribution in [2.24, 2.45) is 0 Å². The molecule has 1 aliphatic heterocycles. The average Bonchev–Trinajstić information content (AvgIpc) is 2.74. The molecule has 2 aromatic rings. The first kappa shape index (κ1) is 23.3. The van der Waals surface area contributed by atoms with Gasteiger partial charge >= 0.3 is 0 Å². The molecule has 0 radical (unpaired) electrons. The molecule has 2 aromatic carbocycles. The topological polar surface area (TPSA) is 78.5 Å². The van der Waals surface area contributed by atoms with Gasteiger partial charge < -0.3 is 10.2 Å². The fourth-order valence-corrected chi connectivity index (χ4v) is 5.36. The predicted molar refractivity (Wildman–Crippen MR) is 125 cm³/mol. The van der Waals surface area contributed by atoms with Gasteiger partial charge in [0.15, 0.2) is 0 Å². The van der Waals surface area contributed by atoms with Crippen molar-refractivity contribution >= 4 is 21.6 Å². The summed E-state index contributed by atoms with van der Waals surface area (Å²) in [4.78, 5) is 15.2. The Balaban J connectivity index is 1.52. The van der Waals surface area contributed by atoms with E-state index in [1.807, 2.05) is 13.0 Å². The molecule has 0 spiro atoms. The molecular weight excluding hydrogens is 410 g/mol. The maximum absolute atomic E-state index is 12.7. The number of amides is 1. The molecule has 1 aliphatic rings. The Morgan fingerprint density at radius 1 is 1.10 bits per heavy atom. The first-order chi connectivity index (χ1) is 14.8. The van der Waals surface area contributed by atoms with Crippen LogP contribution in [0.4, 0.5) is 5.69 Å². The third-order valence-electron chi connectivity index (χ3n) is 5.88. The van der Waals surface area contributed by atoms with E-state index < -0.39 is 10.0 Å². The summed E-state index contributed by atoms with van der Waals surface area (Å²) >= 11 is 0. The van der Waals surface area contributed by atoms with Crippen LogP contribution < -0.4 is 10.0 Å². The number of hydrogen-bond acceptors (Lipinski definition) is 4. The molecule has 0 aromatic heterocycles. The van der Waals surface area contributed by atoms with Crippen LogP contribution in [-0.4, -0.2) is 44.9 Å². The second-order valence-electron chi connectivity index (χ2n) is 8.44. The molecule has 7 heteroatoms. The number of carbonyl (C=O) groups is 1. The Bertz CT molecular complexity index is 1000. The number of piperidine rings is 1. The molecule has 0 bridgehead atoms.